The van der Waals surface area contributed by atoms with Crippen LogP contribution in [0.15, 0.2) is 29.5 Å². The van der Waals surface area contributed by atoms with E-state index in [4.69, 9.17) is 5.11 Å². The number of methoxy groups -OCH3 is 1. The lowest BCUT2D eigenvalue weighted by atomic mass is 10.2. The second-order valence-electron chi connectivity index (χ2n) is 5.80. The summed E-state index contributed by atoms with van der Waals surface area (Å²) in [5.74, 6) is -2.00. The Morgan fingerprint density at radius 3 is 2.62 bits per heavy atom. The summed E-state index contributed by atoms with van der Waals surface area (Å²) in [5, 5.41) is 22.6. The summed E-state index contributed by atoms with van der Waals surface area (Å²) in [6.07, 6.45) is -4.66. The molecule has 0 aromatic heterocycles. The molecule has 0 bridgehead atoms. The number of hydrogen-bond donors (Lipinski definition) is 2. The second-order valence-corrected chi connectivity index (χ2v) is 5.80. The standard InChI is InChI=1S/C16H16F3N3O7/c1-28-15(25)12-7-21(2-3-23)14(24)13(12)20-9-4-10(22(26)27)6-11(5-9)29-8-16(17,18)19/h4-6,20,23H,2-3,7-8H2,1H3. The van der Waals surface area contributed by atoms with Crippen LogP contribution < -0.4 is 10.1 Å². The number of ether oxygens (including phenoxy) is 2. The van der Waals surface area contributed by atoms with Gasteiger partial charge in [0, 0.05) is 24.4 Å². The number of hydrogen-bond acceptors (Lipinski definition) is 8. The molecule has 1 aliphatic heterocycles. The molecule has 0 unspecified atom stereocenters. The summed E-state index contributed by atoms with van der Waals surface area (Å²) in [5.41, 5.74) is -1.11. The number of non-ortho nitro benzene ring substituents is 1. The fourth-order valence-electron chi connectivity index (χ4n) is 2.50. The number of alkyl halides is 3. The zero-order chi connectivity index (χ0) is 21.8. The molecule has 1 aromatic carbocycles. The molecule has 0 saturated carbocycles. The van der Waals surface area contributed by atoms with Gasteiger partial charge in [0.25, 0.3) is 11.6 Å². The molecule has 0 aliphatic carbocycles. The topological polar surface area (TPSA) is 131 Å². The molecule has 0 radical (unpaired) electrons. The zero-order valence-electron chi connectivity index (χ0n) is 15.0. The number of carbonyl (C=O) groups excluding carboxylic acids is 2. The highest BCUT2D eigenvalue weighted by atomic mass is 19.4. The zero-order valence-corrected chi connectivity index (χ0v) is 15.0. The molecule has 0 fully saturated rings. The van der Waals surface area contributed by atoms with Gasteiger partial charge in [-0.15, -0.1) is 0 Å². The van der Waals surface area contributed by atoms with Crippen molar-refractivity contribution in [2.45, 2.75) is 6.18 Å². The molecule has 2 rings (SSSR count). The highest BCUT2D eigenvalue weighted by Crippen LogP contribution is 2.30. The molecule has 158 valence electrons. The first kappa shape index (κ1) is 21.9. The SMILES string of the molecule is COC(=O)C1=C(Nc2cc(OCC(F)(F)F)cc([N+](=O)[O-])c2)C(=O)N(CCO)C1. The maximum absolute atomic E-state index is 12.5. The summed E-state index contributed by atoms with van der Waals surface area (Å²) < 4.78 is 46.3. The number of amides is 1. The molecule has 0 saturated heterocycles. The quantitative estimate of drug-likeness (QED) is 0.365. The van der Waals surface area contributed by atoms with Gasteiger partial charge in [0.2, 0.25) is 0 Å². The van der Waals surface area contributed by atoms with E-state index in [1.807, 2.05) is 0 Å². The van der Waals surface area contributed by atoms with Crippen molar-refractivity contribution >= 4 is 23.3 Å². The number of nitrogens with one attached hydrogen (secondary N) is 1. The van der Waals surface area contributed by atoms with E-state index in [-0.39, 0.29) is 36.7 Å². The number of esters is 1. The van der Waals surface area contributed by atoms with Crippen molar-refractivity contribution in [1.82, 2.24) is 4.90 Å². The molecule has 1 amide bonds. The third-order valence-electron chi connectivity index (χ3n) is 3.73. The number of nitro groups is 1. The number of carbonyl (C=O) groups is 2. The summed E-state index contributed by atoms with van der Waals surface area (Å²) in [7, 11) is 1.09. The number of aliphatic hydroxyl groups is 1. The molecular weight excluding hydrogens is 403 g/mol. The minimum absolute atomic E-state index is 0.0839. The van der Waals surface area contributed by atoms with Crippen LogP contribution in [0, 0.1) is 10.1 Å². The molecular formula is C16H16F3N3O7. The van der Waals surface area contributed by atoms with Crippen LogP contribution in [0.2, 0.25) is 0 Å². The Morgan fingerprint density at radius 2 is 2.07 bits per heavy atom. The number of benzene rings is 1. The van der Waals surface area contributed by atoms with E-state index in [2.05, 4.69) is 14.8 Å². The molecule has 29 heavy (non-hydrogen) atoms. The minimum Gasteiger partial charge on any atom is -0.484 e. The Morgan fingerprint density at radius 1 is 1.38 bits per heavy atom. The normalized spacial score (nSPS) is 14.2. The Balaban J connectivity index is 2.39. The van der Waals surface area contributed by atoms with Gasteiger partial charge in [-0.3, -0.25) is 14.9 Å². The molecule has 2 N–H and O–H groups in total. The molecule has 10 nitrogen and oxygen atoms in total. The largest absolute Gasteiger partial charge is 0.484 e. The fraction of sp³-hybridized carbons (Fsp3) is 0.375. The molecule has 1 heterocycles. The van der Waals surface area contributed by atoms with Crippen LogP contribution in [0.5, 0.6) is 5.75 Å². The first-order valence-electron chi connectivity index (χ1n) is 8.03. The first-order valence-corrected chi connectivity index (χ1v) is 8.03. The number of anilines is 1. The van der Waals surface area contributed by atoms with Gasteiger partial charge in [0.05, 0.1) is 36.8 Å². The van der Waals surface area contributed by atoms with Crippen molar-refractivity contribution < 1.29 is 42.3 Å². The third-order valence-corrected chi connectivity index (χ3v) is 3.73. The Kier molecular flexibility index (Phi) is 6.64. The highest BCUT2D eigenvalue weighted by molar-refractivity contribution is 6.08. The van der Waals surface area contributed by atoms with Crippen LogP contribution in [0.1, 0.15) is 0 Å². The third kappa shape index (κ3) is 5.57. The number of rotatable bonds is 8. The lowest BCUT2D eigenvalue weighted by Gasteiger charge is -2.15. The van der Waals surface area contributed by atoms with Gasteiger partial charge in [0.1, 0.15) is 11.4 Å². The van der Waals surface area contributed by atoms with Crippen LogP contribution in [-0.4, -0.2) is 66.4 Å². The Labute approximate surface area is 161 Å². The monoisotopic (exact) mass is 419 g/mol. The molecule has 0 spiro atoms. The Bertz CT molecular complexity index is 855. The van der Waals surface area contributed by atoms with E-state index in [0.717, 1.165) is 30.2 Å². The minimum atomic E-state index is -4.66. The number of halogens is 3. The van der Waals surface area contributed by atoms with Crippen molar-refractivity contribution in [3.63, 3.8) is 0 Å². The summed E-state index contributed by atoms with van der Waals surface area (Å²) in [6, 6.07) is 2.77. The maximum Gasteiger partial charge on any atom is 0.422 e. The number of aliphatic hydroxyl groups excluding tert-OH is 1. The lowest BCUT2D eigenvalue weighted by Crippen LogP contribution is -2.31. The Hall–Kier alpha value is -3.35. The van der Waals surface area contributed by atoms with Crippen molar-refractivity contribution in [2.75, 3.05) is 38.7 Å². The molecule has 1 aliphatic rings. The van der Waals surface area contributed by atoms with Gasteiger partial charge >= 0.3 is 12.1 Å². The van der Waals surface area contributed by atoms with E-state index < -0.39 is 41.0 Å². The van der Waals surface area contributed by atoms with Gasteiger partial charge < -0.3 is 24.8 Å². The fourth-order valence-corrected chi connectivity index (χ4v) is 2.50. The smallest absolute Gasteiger partial charge is 0.422 e. The van der Waals surface area contributed by atoms with Crippen molar-refractivity contribution in [3.8, 4) is 5.75 Å². The summed E-state index contributed by atoms with van der Waals surface area (Å²) in [6.45, 7) is -2.31. The van der Waals surface area contributed by atoms with Gasteiger partial charge in [-0.1, -0.05) is 0 Å². The van der Waals surface area contributed by atoms with Crippen LogP contribution in [0.25, 0.3) is 0 Å². The number of β-amino-alcohol motifs (C(OH)–C–C–N with tert-alkyl or cyclic N) is 1. The van der Waals surface area contributed by atoms with Crippen molar-refractivity contribution in [3.05, 3.63) is 39.6 Å². The van der Waals surface area contributed by atoms with Crippen LogP contribution >= 0.6 is 0 Å². The highest BCUT2D eigenvalue weighted by Gasteiger charge is 2.35. The van der Waals surface area contributed by atoms with Gasteiger partial charge in [-0.25, -0.2) is 4.79 Å². The average Bonchev–Trinajstić information content (AvgIpc) is 2.95. The van der Waals surface area contributed by atoms with Gasteiger partial charge in [-0.2, -0.15) is 13.2 Å². The van der Waals surface area contributed by atoms with E-state index in [1.54, 1.807) is 0 Å². The van der Waals surface area contributed by atoms with Crippen LogP contribution in [0.4, 0.5) is 24.5 Å². The predicted molar refractivity (Wildman–Crippen MR) is 91.0 cm³/mol. The van der Waals surface area contributed by atoms with Crippen LogP contribution in [-0.2, 0) is 14.3 Å². The summed E-state index contributed by atoms with van der Waals surface area (Å²) in [4.78, 5) is 35.8. The number of nitrogens with zero attached hydrogens (tertiary/aromatic N) is 2. The second kappa shape index (κ2) is 8.77. The average molecular weight is 419 g/mol. The summed E-state index contributed by atoms with van der Waals surface area (Å²) >= 11 is 0. The molecule has 1 aromatic rings. The van der Waals surface area contributed by atoms with Crippen molar-refractivity contribution in [2.24, 2.45) is 0 Å². The molecule has 0 atom stereocenters. The van der Waals surface area contributed by atoms with E-state index >= 15 is 0 Å². The maximum atomic E-state index is 12.5. The van der Waals surface area contributed by atoms with E-state index in [1.165, 1.54) is 0 Å². The van der Waals surface area contributed by atoms with E-state index in [0.29, 0.717) is 0 Å². The van der Waals surface area contributed by atoms with Crippen molar-refractivity contribution in [1.29, 1.82) is 0 Å². The first-order chi connectivity index (χ1) is 13.6. The predicted octanol–water partition coefficient (Wildman–Crippen LogP) is 1.21. The van der Waals surface area contributed by atoms with Gasteiger partial charge in [0.15, 0.2) is 6.61 Å². The van der Waals surface area contributed by atoms with E-state index in [9.17, 15) is 32.9 Å². The van der Waals surface area contributed by atoms with Gasteiger partial charge in [-0.05, 0) is 0 Å². The van der Waals surface area contributed by atoms with Crippen LogP contribution in [0.3, 0.4) is 0 Å². The molecule has 13 heteroatoms. The number of nitro benzene ring substituents is 1. The lowest BCUT2D eigenvalue weighted by molar-refractivity contribution is -0.384.